The standard InChI is InChI=1S/C16H21N5O9/c1-6(22)27-5-10-13(28-7(2)23)14(29-8(3)24)16(30-10)21-9(4-11(17)25)12(15(18)26)19-20-21/h10,13-14,16H,4-5H2,1-3H3,(H2,17,25)(H2,18,26)/t10-,13-,14-,16-/m1/s1. The van der Waals surface area contributed by atoms with Gasteiger partial charge in [-0.15, -0.1) is 5.10 Å². The number of rotatable bonds is 8. The lowest BCUT2D eigenvalue weighted by Crippen LogP contribution is -2.41. The van der Waals surface area contributed by atoms with E-state index in [1.807, 2.05) is 0 Å². The van der Waals surface area contributed by atoms with E-state index in [0.29, 0.717) is 0 Å². The smallest absolute Gasteiger partial charge is 0.303 e. The number of carbonyl (C=O) groups excluding carboxylic acids is 5. The zero-order valence-electron chi connectivity index (χ0n) is 16.4. The lowest BCUT2D eigenvalue weighted by molar-refractivity contribution is -0.166. The van der Waals surface area contributed by atoms with Crippen LogP contribution in [0.15, 0.2) is 0 Å². The summed E-state index contributed by atoms with van der Waals surface area (Å²) in [5.41, 5.74) is 10.1. The second-order valence-corrected chi connectivity index (χ2v) is 6.35. The van der Waals surface area contributed by atoms with Gasteiger partial charge < -0.3 is 30.4 Å². The van der Waals surface area contributed by atoms with Gasteiger partial charge in [-0.1, -0.05) is 5.21 Å². The molecule has 4 atom stereocenters. The predicted octanol–water partition coefficient (Wildman–Crippen LogP) is -2.27. The molecule has 1 aromatic rings. The first kappa shape index (κ1) is 22.7. The van der Waals surface area contributed by atoms with Gasteiger partial charge in [-0.3, -0.25) is 24.0 Å². The highest BCUT2D eigenvalue weighted by atomic mass is 16.7. The van der Waals surface area contributed by atoms with Crippen LogP contribution < -0.4 is 11.5 Å². The highest BCUT2D eigenvalue weighted by Crippen LogP contribution is 2.35. The number of primary amides is 2. The van der Waals surface area contributed by atoms with Crippen molar-refractivity contribution in [2.24, 2.45) is 11.5 Å². The van der Waals surface area contributed by atoms with Gasteiger partial charge in [-0.05, 0) is 0 Å². The molecular weight excluding hydrogens is 406 g/mol. The Morgan fingerprint density at radius 1 is 1.00 bits per heavy atom. The zero-order chi connectivity index (χ0) is 22.6. The molecule has 0 unspecified atom stereocenters. The molecule has 14 heteroatoms. The van der Waals surface area contributed by atoms with E-state index >= 15 is 0 Å². The molecule has 14 nitrogen and oxygen atoms in total. The number of nitrogens with two attached hydrogens (primary N) is 2. The van der Waals surface area contributed by atoms with E-state index in [0.717, 1.165) is 18.5 Å². The maximum Gasteiger partial charge on any atom is 0.303 e. The fourth-order valence-electron chi connectivity index (χ4n) is 2.93. The van der Waals surface area contributed by atoms with E-state index in [-0.39, 0.29) is 18.0 Å². The van der Waals surface area contributed by atoms with Crippen molar-refractivity contribution in [3.05, 3.63) is 11.4 Å². The molecule has 1 fully saturated rings. The molecule has 1 aliphatic rings. The van der Waals surface area contributed by atoms with Gasteiger partial charge in [-0.25, -0.2) is 4.68 Å². The molecule has 1 saturated heterocycles. The average Bonchev–Trinajstić information content (AvgIpc) is 3.14. The summed E-state index contributed by atoms with van der Waals surface area (Å²) in [5, 5.41) is 7.40. The van der Waals surface area contributed by atoms with Crippen molar-refractivity contribution in [2.45, 2.75) is 51.7 Å². The summed E-state index contributed by atoms with van der Waals surface area (Å²) < 4.78 is 22.2. The van der Waals surface area contributed by atoms with Crippen molar-refractivity contribution in [2.75, 3.05) is 6.61 Å². The van der Waals surface area contributed by atoms with E-state index in [9.17, 15) is 24.0 Å². The lowest BCUT2D eigenvalue weighted by atomic mass is 10.1. The van der Waals surface area contributed by atoms with Crippen LogP contribution in [0.1, 0.15) is 43.2 Å². The van der Waals surface area contributed by atoms with Crippen molar-refractivity contribution >= 4 is 29.7 Å². The molecule has 0 aromatic carbocycles. The fraction of sp³-hybridized carbons (Fsp3) is 0.562. The summed E-state index contributed by atoms with van der Waals surface area (Å²) in [6.07, 6.45) is -5.31. The first-order valence-electron chi connectivity index (χ1n) is 8.66. The quantitative estimate of drug-likeness (QED) is 0.334. The number of aromatic nitrogens is 3. The molecule has 0 radical (unpaired) electrons. The minimum absolute atomic E-state index is 0.0909. The Morgan fingerprint density at radius 3 is 2.10 bits per heavy atom. The second-order valence-electron chi connectivity index (χ2n) is 6.35. The Morgan fingerprint density at radius 2 is 1.60 bits per heavy atom. The average molecular weight is 427 g/mol. The monoisotopic (exact) mass is 427 g/mol. The molecule has 1 aromatic heterocycles. The Labute approximate surface area is 169 Å². The van der Waals surface area contributed by atoms with Crippen molar-refractivity contribution in [1.29, 1.82) is 0 Å². The van der Waals surface area contributed by atoms with Gasteiger partial charge in [0.1, 0.15) is 12.7 Å². The van der Waals surface area contributed by atoms with Crippen LogP contribution in [0, 0.1) is 0 Å². The third-order valence-corrected chi connectivity index (χ3v) is 3.95. The number of nitrogens with zero attached hydrogens (tertiary/aromatic N) is 3. The van der Waals surface area contributed by atoms with Crippen LogP contribution in [0.4, 0.5) is 0 Å². The predicted molar refractivity (Wildman–Crippen MR) is 93.1 cm³/mol. The highest BCUT2D eigenvalue weighted by Gasteiger charge is 2.51. The van der Waals surface area contributed by atoms with Crippen molar-refractivity contribution < 1.29 is 42.9 Å². The Kier molecular flexibility index (Phi) is 7.05. The summed E-state index contributed by atoms with van der Waals surface area (Å²) in [6, 6.07) is 0. The van der Waals surface area contributed by atoms with Gasteiger partial charge in [0.15, 0.2) is 24.1 Å². The third-order valence-electron chi connectivity index (χ3n) is 3.95. The van der Waals surface area contributed by atoms with Gasteiger partial charge in [0, 0.05) is 20.8 Å². The summed E-state index contributed by atoms with van der Waals surface area (Å²) in [6.45, 7) is 3.06. The molecule has 2 rings (SSSR count). The lowest BCUT2D eigenvalue weighted by Gasteiger charge is -2.23. The van der Waals surface area contributed by atoms with E-state index in [1.54, 1.807) is 0 Å². The maximum absolute atomic E-state index is 11.7. The van der Waals surface area contributed by atoms with E-state index < -0.39 is 60.7 Å². The minimum atomic E-state index is -1.30. The molecule has 2 amide bonds. The number of ether oxygens (including phenoxy) is 4. The van der Waals surface area contributed by atoms with Crippen LogP contribution in [0.5, 0.6) is 0 Å². The second kappa shape index (κ2) is 9.30. The maximum atomic E-state index is 11.7. The molecule has 0 saturated carbocycles. The SMILES string of the molecule is CC(=O)OC[C@H]1O[C@@H](n2nnc(C(N)=O)c2CC(N)=O)[C@H](OC(C)=O)[C@@H]1OC(C)=O. The number of amides is 2. The molecule has 30 heavy (non-hydrogen) atoms. The fourth-order valence-corrected chi connectivity index (χ4v) is 2.93. The summed E-state index contributed by atoms with van der Waals surface area (Å²) in [7, 11) is 0. The summed E-state index contributed by atoms with van der Waals surface area (Å²) in [4.78, 5) is 57.5. The molecule has 0 aliphatic carbocycles. The molecule has 2 heterocycles. The van der Waals surface area contributed by atoms with Crippen LogP contribution in [-0.2, 0) is 44.5 Å². The zero-order valence-corrected chi connectivity index (χ0v) is 16.4. The molecule has 164 valence electrons. The van der Waals surface area contributed by atoms with Crippen molar-refractivity contribution in [1.82, 2.24) is 15.0 Å². The first-order chi connectivity index (χ1) is 14.0. The Bertz CT molecular complexity index is 867. The molecule has 0 spiro atoms. The summed E-state index contributed by atoms with van der Waals surface area (Å²) >= 11 is 0. The van der Waals surface area contributed by atoms with Crippen LogP contribution >= 0.6 is 0 Å². The van der Waals surface area contributed by atoms with Gasteiger partial charge in [0.25, 0.3) is 5.91 Å². The van der Waals surface area contributed by atoms with Gasteiger partial charge >= 0.3 is 17.9 Å². The van der Waals surface area contributed by atoms with Crippen molar-refractivity contribution in [3.63, 3.8) is 0 Å². The van der Waals surface area contributed by atoms with E-state index in [4.69, 9.17) is 30.4 Å². The Balaban J connectivity index is 2.51. The van der Waals surface area contributed by atoms with Crippen LogP contribution in [-0.4, -0.2) is 69.6 Å². The van der Waals surface area contributed by atoms with Gasteiger partial charge in [0.05, 0.1) is 12.1 Å². The normalized spacial score (nSPS) is 22.9. The Hall–Kier alpha value is -3.55. The topological polar surface area (TPSA) is 205 Å². The highest BCUT2D eigenvalue weighted by molar-refractivity contribution is 5.93. The van der Waals surface area contributed by atoms with Crippen LogP contribution in [0.3, 0.4) is 0 Å². The molecule has 4 N–H and O–H groups in total. The van der Waals surface area contributed by atoms with E-state index in [2.05, 4.69) is 10.3 Å². The number of hydrogen-bond donors (Lipinski definition) is 2. The summed E-state index contributed by atoms with van der Waals surface area (Å²) in [5.74, 6) is -3.89. The van der Waals surface area contributed by atoms with Gasteiger partial charge in [-0.2, -0.15) is 0 Å². The van der Waals surface area contributed by atoms with Crippen molar-refractivity contribution in [3.8, 4) is 0 Å². The molecular formula is C16H21N5O9. The van der Waals surface area contributed by atoms with E-state index in [1.165, 1.54) is 6.92 Å². The molecule has 0 bridgehead atoms. The largest absolute Gasteiger partial charge is 0.463 e. The molecule has 1 aliphatic heterocycles. The van der Waals surface area contributed by atoms with Crippen LogP contribution in [0.25, 0.3) is 0 Å². The number of hydrogen-bond acceptors (Lipinski definition) is 11. The first-order valence-corrected chi connectivity index (χ1v) is 8.66. The van der Waals surface area contributed by atoms with Gasteiger partial charge in [0.2, 0.25) is 5.91 Å². The minimum Gasteiger partial charge on any atom is -0.463 e. The third kappa shape index (κ3) is 5.28. The number of carbonyl (C=O) groups is 5. The van der Waals surface area contributed by atoms with Crippen LogP contribution in [0.2, 0.25) is 0 Å². The number of esters is 3.